The van der Waals surface area contributed by atoms with Crippen molar-refractivity contribution in [3.63, 3.8) is 0 Å². The van der Waals surface area contributed by atoms with E-state index in [1.54, 1.807) is 0 Å². The van der Waals surface area contributed by atoms with Crippen LogP contribution in [0.1, 0.15) is 47.0 Å². The van der Waals surface area contributed by atoms with Gasteiger partial charge in [0.1, 0.15) is 6.04 Å². The summed E-state index contributed by atoms with van der Waals surface area (Å²) < 4.78 is 5.11. The molecule has 0 radical (unpaired) electrons. The summed E-state index contributed by atoms with van der Waals surface area (Å²) in [6, 6.07) is 0.924. The first-order valence-corrected chi connectivity index (χ1v) is 8.19. The highest BCUT2D eigenvalue weighted by atomic mass is 16.5. The van der Waals surface area contributed by atoms with Crippen LogP contribution in [0.2, 0.25) is 0 Å². The second-order valence-corrected chi connectivity index (χ2v) is 6.66. The molecule has 4 heteroatoms. The standard InChI is InChI=1S/C16H30N2O2/c1-5-20-16(19)12(4)17-15-13-7-6-8-14(15)10-18(9-13)11(2)3/h11-15,17H,5-10H2,1-4H3. The van der Waals surface area contributed by atoms with Crippen molar-refractivity contribution in [3.8, 4) is 0 Å². The quantitative estimate of drug-likeness (QED) is 0.784. The Balaban J connectivity index is 1.96. The van der Waals surface area contributed by atoms with Crippen LogP contribution in [0.25, 0.3) is 0 Å². The minimum absolute atomic E-state index is 0.114. The third-order valence-corrected chi connectivity index (χ3v) is 4.92. The van der Waals surface area contributed by atoms with Crippen LogP contribution in [0.5, 0.6) is 0 Å². The van der Waals surface area contributed by atoms with Crippen molar-refractivity contribution >= 4 is 5.97 Å². The molecule has 1 aliphatic carbocycles. The van der Waals surface area contributed by atoms with E-state index in [1.165, 1.54) is 32.4 Å². The van der Waals surface area contributed by atoms with Crippen LogP contribution in [0.3, 0.4) is 0 Å². The van der Waals surface area contributed by atoms with Gasteiger partial charge in [-0.25, -0.2) is 0 Å². The minimum Gasteiger partial charge on any atom is -0.465 e. The molecule has 116 valence electrons. The van der Waals surface area contributed by atoms with Gasteiger partial charge in [-0.1, -0.05) is 6.42 Å². The first-order chi connectivity index (χ1) is 9.52. The lowest BCUT2D eigenvalue weighted by Crippen LogP contribution is -2.60. The Hall–Kier alpha value is -0.610. The minimum atomic E-state index is -0.186. The average molecular weight is 282 g/mol. The van der Waals surface area contributed by atoms with Gasteiger partial charge in [-0.3, -0.25) is 4.79 Å². The van der Waals surface area contributed by atoms with Crippen molar-refractivity contribution in [3.05, 3.63) is 0 Å². The highest BCUT2D eigenvalue weighted by Crippen LogP contribution is 2.35. The molecule has 0 aromatic carbocycles. The number of nitrogens with zero attached hydrogens (tertiary/aromatic N) is 1. The number of piperidine rings is 1. The number of rotatable bonds is 5. The Morgan fingerprint density at radius 2 is 1.85 bits per heavy atom. The van der Waals surface area contributed by atoms with Crippen molar-refractivity contribution in [1.82, 2.24) is 10.2 Å². The summed E-state index contributed by atoms with van der Waals surface area (Å²) >= 11 is 0. The van der Waals surface area contributed by atoms with Gasteiger partial charge in [0.2, 0.25) is 0 Å². The van der Waals surface area contributed by atoms with Gasteiger partial charge in [0.15, 0.2) is 0 Å². The molecule has 0 aromatic rings. The molecule has 0 spiro atoms. The highest BCUT2D eigenvalue weighted by Gasteiger charge is 2.40. The van der Waals surface area contributed by atoms with Gasteiger partial charge in [0.05, 0.1) is 6.61 Å². The molecule has 0 amide bonds. The molecule has 2 bridgehead atoms. The topological polar surface area (TPSA) is 41.6 Å². The first kappa shape index (κ1) is 15.8. The van der Waals surface area contributed by atoms with Gasteiger partial charge in [0.25, 0.3) is 0 Å². The number of carbonyl (C=O) groups is 1. The van der Waals surface area contributed by atoms with Crippen LogP contribution in [0.4, 0.5) is 0 Å². The van der Waals surface area contributed by atoms with Crippen molar-refractivity contribution < 1.29 is 9.53 Å². The van der Waals surface area contributed by atoms with Gasteiger partial charge >= 0.3 is 5.97 Å². The fourth-order valence-electron chi connectivity index (χ4n) is 3.79. The lowest BCUT2D eigenvalue weighted by Gasteiger charge is -2.49. The number of ether oxygens (including phenoxy) is 1. The lowest BCUT2D eigenvalue weighted by molar-refractivity contribution is -0.146. The first-order valence-electron chi connectivity index (χ1n) is 8.19. The largest absolute Gasteiger partial charge is 0.465 e. The van der Waals surface area contributed by atoms with E-state index in [1.807, 2.05) is 13.8 Å². The van der Waals surface area contributed by atoms with Crippen LogP contribution in [0.15, 0.2) is 0 Å². The number of hydrogen-bond acceptors (Lipinski definition) is 4. The molecular weight excluding hydrogens is 252 g/mol. The number of nitrogens with one attached hydrogen (secondary N) is 1. The van der Waals surface area contributed by atoms with Crippen molar-refractivity contribution in [2.24, 2.45) is 11.8 Å². The van der Waals surface area contributed by atoms with Crippen LogP contribution in [-0.2, 0) is 9.53 Å². The van der Waals surface area contributed by atoms with Crippen LogP contribution in [-0.4, -0.2) is 48.7 Å². The van der Waals surface area contributed by atoms with Crippen molar-refractivity contribution in [2.45, 2.75) is 65.1 Å². The molecule has 3 atom stereocenters. The number of fused-ring (bicyclic) bond motifs is 2. The monoisotopic (exact) mass is 282 g/mol. The molecule has 1 aliphatic heterocycles. The Morgan fingerprint density at radius 3 is 2.35 bits per heavy atom. The SMILES string of the molecule is CCOC(=O)C(C)NC1C2CCCC1CN(C(C)C)C2. The fraction of sp³-hybridized carbons (Fsp3) is 0.938. The smallest absolute Gasteiger partial charge is 0.322 e. The van der Waals surface area contributed by atoms with E-state index >= 15 is 0 Å². The Morgan fingerprint density at radius 1 is 1.25 bits per heavy atom. The Labute approximate surface area is 123 Å². The van der Waals surface area contributed by atoms with Gasteiger partial charge in [-0.15, -0.1) is 0 Å². The molecule has 2 rings (SSSR count). The van der Waals surface area contributed by atoms with Crippen LogP contribution < -0.4 is 5.32 Å². The van der Waals surface area contributed by atoms with Crippen LogP contribution in [0, 0.1) is 11.8 Å². The number of esters is 1. The van der Waals surface area contributed by atoms with E-state index in [-0.39, 0.29) is 12.0 Å². The molecule has 1 saturated heterocycles. The predicted molar refractivity (Wildman–Crippen MR) is 80.6 cm³/mol. The zero-order valence-corrected chi connectivity index (χ0v) is 13.4. The van der Waals surface area contributed by atoms with Crippen molar-refractivity contribution in [2.75, 3.05) is 19.7 Å². The fourth-order valence-corrected chi connectivity index (χ4v) is 3.79. The second kappa shape index (κ2) is 6.90. The van der Waals surface area contributed by atoms with Gasteiger partial charge in [-0.2, -0.15) is 0 Å². The molecule has 20 heavy (non-hydrogen) atoms. The molecular formula is C16H30N2O2. The summed E-state index contributed by atoms with van der Waals surface area (Å²) in [5.41, 5.74) is 0. The van der Waals surface area contributed by atoms with Gasteiger partial charge in [0, 0.05) is 25.2 Å². The van der Waals surface area contributed by atoms with Gasteiger partial charge in [-0.05, 0) is 52.4 Å². The summed E-state index contributed by atoms with van der Waals surface area (Å²) in [6.07, 6.45) is 3.91. The summed E-state index contributed by atoms with van der Waals surface area (Å²) in [4.78, 5) is 14.4. The van der Waals surface area contributed by atoms with Gasteiger partial charge < -0.3 is 15.0 Å². The molecule has 3 unspecified atom stereocenters. The lowest BCUT2D eigenvalue weighted by atomic mass is 9.73. The Bertz CT molecular complexity index is 318. The normalized spacial score (nSPS) is 32.1. The van der Waals surface area contributed by atoms with E-state index in [0.717, 1.165) is 0 Å². The molecule has 4 nitrogen and oxygen atoms in total. The summed E-state index contributed by atoms with van der Waals surface area (Å²) in [5.74, 6) is 1.25. The molecule has 1 heterocycles. The van der Waals surface area contributed by atoms with E-state index in [9.17, 15) is 4.79 Å². The maximum atomic E-state index is 11.8. The highest BCUT2D eigenvalue weighted by molar-refractivity contribution is 5.75. The number of carbonyl (C=O) groups excluding carboxylic acids is 1. The summed E-state index contributed by atoms with van der Waals surface area (Å²) in [6.45, 7) is 11.2. The van der Waals surface area contributed by atoms with E-state index < -0.39 is 0 Å². The third-order valence-electron chi connectivity index (χ3n) is 4.92. The summed E-state index contributed by atoms with van der Waals surface area (Å²) in [7, 11) is 0. The Kier molecular flexibility index (Phi) is 5.44. The third kappa shape index (κ3) is 3.53. The zero-order chi connectivity index (χ0) is 14.7. The maximum Gasteiger partial charge on any atom is 0.322 e. The summed E-state index contributed by atoms with van der Waals surface area (Å²) in [5, 5.41) is 3.56. The average Bonchev–Trinajstić information content (AvgIpc) is 2.38. The van der Waals surface area contributed by atoms with E-state index in [4.69, 9.17) is 4.74 Å². The maximum absolute atomic E-state index is 11.8. The van der Waals surface area contributed by atoms with Crippen LogP contribution >= 0.6 is 0 Å². The molecule has 1 saturated carbocycles. The number of likely N-dealkylation sites (tertiary alicyclic amines) is 1. The molecule has 1 N–H and O–H groups in total. The zero-order valence-electron chi connectivity index (χ0n) is 13.4. The molecule has 2 fully saturated rings. The second-order valence-electron chi connectivity index (χ2n) is 6.66. The molecule has 0 aromatic heterocycles. The molecule has 2 aliphatic rings. The van der Waals surface area contributed by atoms with Crippen molar-refractivity contribution in [1.29, 1.82) is 0 Å². The number of hydrogen-bond donors (Lipinski definition) is 1. The van der Waals surface area contributed by atoms with E-state index in [0.29, 0.717) is 30.5 Å². The predicted octanol–water partition coefficient (Wildman–Crippen LogP) is 2.04. The van der Waals surface area contributed by atoms with E-state index in [2.05, 4.69) is 24.1 Å².